The van der Waals surface area contributed by atoms with Gasteiger partial charge in [0.25, 0.3) is 5.91 Å². The number of anilines is 1. The molecule has 1 fully saturated rings. The van der Waals surface area contributed by atoms with Crippen molar-refractivity contribution in [3.63, 3.8) is 0 Å². The van der Waals surface area contributed by atoms with Gasteiger partial charge in [0.2, 0.25) is 0 Å². The summed E-state index contributed by atoms with van der Waals surface area (Å²) >= 11 is 0. The number of nitrogens with zero attached hydrogens (tertiary/aromatic N) is 2. The van der Waals surface area contributed by atoms with Crippen LogP contribution in [-0.4, -0.2) is 29.4 Å². The van der Waals surface area contributed by atoms with Crippen molar-refractivity contribution in [3.8, 4) is 0 Å². The number of fused-ring (bicyclic) bond motifs is 1. The zero-order chi connectivity index (χ0) is 15.7. The van der Waals surface area contributed by atoms with Crippen molar-refractivity contribution in [1.82, 2.24) is 4.90 Å². The molecule has 0 saturated carbocycles. The minimum Gasteiger partial charge on any atom is -0.281 e. The van der Waals surface area contributed by atoms with Crippen LogP contribution in [0.1, 0.15) is 26.7 Å². The molecular weight excluding hydrogens is 276 g/mol. The number of carbonyl (C=O) groups is 2. The molecule has 1 saturated heterocycles. The quantitative estimate of drug-likeness (QED) is 0.805. The summed E-state index contributed by atoms with van der Waals surface area (Å²) in [5.74, 6) is -0.105. The van der Waals surface area contributed by atoms with E-state index < -0.39 is 6.04 Å². The Hall–Kier alpha value is -2.36. The second-order valence-electron chi connectivity index (χ2n) is 5.67. The molecule has 0 aliphatic carbocycles. The van der Waals surface area contributed by atoms with Crippen LogP contribution >= 0.6 is 0 Å². The van der Waals surface area contributed by atoms with Gasteiger partial charge in [-0.05, 0) is 24.8 Å². The Kier molecular flexibility index (Phi) is 3.84. The molecule has 3 rings (SSSR count). The number of urea groups is 1. The SMILES string of the molecule is CCCCN1C(=O)C(C)N(c2cccc3ccccc23)C1=O. The Bertz CT molecular complexity index is 721. The molecule has 4 nitrogen and oxygen atoms in total. The summed E-state index contributed by atoms with van der Waals surface area (Å²) in [6, 6.07) is 13.1. The third-order valence-electron chi connectivity index (χ3n) is 4.21. The maximum absolute atomic E-state index is 12.7. The Labute approximate surface area is 130 Å². The molecule has 1 aliphatic rings. The fraction of sp³-hybridized carbons (Fsp3) is 0.333. The van der Waals surface area contributed by atoms with Crippen molar-refractivity contribution in [2.75, 3.05) is 11.4 Å². The van der Waals surface area contributed by atoms with E-state index in [4.69, 9.17) is 0 Å². The number of imide groups is 1. The molecule has 0 bridgehead atoms. The van der Waals surface area contributed by atoms with Gasteiger partial charge in [0.05, 0.1) is 5.69 Å². The van der Waals surface area contributed by atoms with Gasteiger partial charge in [-0.1, -0.05) is 49.7 Å². The molecule has 1 unspecified atom stereocenters. The van der Waals surface area contributed by atoms with Crippen molar-refractivity contribution in [1.29, 1.82) is 0 Å². The fourth-order valence-corrected chi connectivity index (χ4v) is 2.98. The van der Waals surface area contributed by atoms with E-state index in [1.165, 1.54) is 4.90 Å². The molecule has 114 valence electrons. The summed E-state index contributed by atoms with van der Waals surface area (Å²) in [5.41, 5.74) is 0.808. The predicted octanol–water partition coefficient (Wildman–Crippen LogP) is 3.80. The van der Waals surface area contributed by atoms with Crippen LogP contribution in [0.4, 0.5) is 10.5 Å². The lowest BCUT2D eigenvalue weighted by Crippen LogP contribution is -2.34. The van der Waals surface area contributed by atoms with Crippen molar-refractivity contribution >= 4 is 28.4 Å². The average Bonchev–Trinajstić information content (AvgIpc) is 2.75. The van der Waals surface area contributed by atoms with Gasteiger partial charge < -0.3 is 0 Å². The highest BCUT2D eigenvalue weighted by molar-refractivity contribution is 6.16. The lowest BCUT2D eigenvalue weighted by molar-refractivity contribution is -0.126. The molecule has 4 heteroatoms. The molecule has 1 atom stereocenters. The zero-order valence-electron chi connectivity index (χ0n) is 13.0. The molecule has 3 amide bonds. The largest absolute Gasteiger partial charge is 0.331 e. The monoisotopic (exact) mass is 296 g/mol. The summed E-state index contributed by atoms with van der Waals surface area (Å²) in [5, 5.41) is 2.06. The van der Waals surface area contributed by atoms with Gasteiger partial charge in [-0.3, -0.25) is 14.6 Å². The van der Waals surface area contributed by atoms with E-state index >= 15 is 0 Å². The third kappa shape index (κ3) is 2.25. The molecule has 22 heavy (non-hydrogen) atoms. The molecule has 0 aromatic heterocycles. The first kappa shape index (κ1) is 14.6. The van der Waals surface area contributed by atoms with E-state index in [9.17, 15) is 9.59 Å². The van der Waals surface area contributed by atoms with Gasteiger partial charge in [-0.2, -0.15) is 0 Å². The van der Waals surface area contributed by atoms with E-state index in [0.717, 1.165) is 29.3 Å². The van der Waals surface area contributed by atoms with Crippen LogP contribution in [0.5, 0.6) is 0 Å². The van der Waals surface area contributed by atoms with Gasteiger partial charge in [0, 0.05) is 11.9 Å². The van der Waals surface area contributed by atoms with Gasteiger partial charge in [-0.25, -0.2) is 4.79 Å². The van der Waals surface area contributed by atoms with Crippen LogP contribution in [0.15, 0.2) is 42.5 Å². The first-order valence-corrected chi connectivity index (χ1v) is 7.77. The number of carbonyl (C=O) groups excluding carboxylic acids is 2. The van der Waals surface area contributed by atoms with Crippen LogP contribution in [0.2, 0.25) is 0 Å². The van der Waals surface area contributed by atoms with Crippen molar-refractivity contribution in [3.05, 3.63) is 42.5 Å². The molecule has 0 N–H and O–H groups in total. The minimum absolute atomic E-state index is 0.105. The zero-order valence-corrected chi connectivity index (χ0v) is 13.0. The van der Waals surface area contributed by atoms with Crippen LogP contribution in [0, 0.1) is 0 Å². The second kappa shape index (κ2) is 5.79. The molecule has 1 aliphatic heterocycles. The molecule has 0 radical (unpaired) electrons. The lowest BCUT2D eigenvalue weighted by Gasteiger charge is -2.21. The third-order valence-corrected chi connectivity index (χ3v) is 4.21. The lowest BCUT2D eigenvalue weighted by atomic mass is 10.1. The van der Waals surface area contributed by atoms with Gasteiger partial charge in [-0.15, -0.1) is 0 Å². The molecule has 2 aromatic rings. The Morgan fingerprint density at radius 1 is 1.05 bits per heavy atom. The predicted molar refractivity (Wildman–Crippen MR) is 87.9 cm³/mol. The average molecular weight is 296 g/mol. The topological polar surface area (TPSA) is 40.6 Å². The standard InChI is InChI=1S/C18H20N2O2/c1-3-4-12-19-17(21)13(2)20(18(19)22)16-11-7-9-14-8-5-6-10-15(14)16/h5-11,13H,3-4,12H2,1-2H3. The first-order valence-electron chi connectivity index (χ1n) is 7.77. The normalized spacial score (nSPS) is 18.5. The van der Waals surface area contributed by atoms with Crippen molar-refractivity contribution in [2.45, 2.75) is 32.7 Å². The fourth-order valence-electron chi connectivity index (χ4n) is 2.98. The maximum atomic E-state index is 12.7. The number of amides is 3. The first-order chi connectivity index (χ1) is 10.6. The molecule has 0 spiro atoms. The molecule has 2 aromatic carbocycles. The van der Waals surface area contributed by atoms with E-state index in [1.807, 2.05) is 42.5 Å². The summed E-state index contributed by atoms with van der Waals surface area (Å²) in [7, 11) is 0. The number of rotatable bonds is 4. The second-order valence-corrected chi connectivity index (χ2v) is 5.67. The van der Waals surface area contributed by atoms with Crippen molar-refractivity contribution < 1.29 is 9.59 Å². The number of hydrogen-bond acceptors (Lipinski definition) is 2. The van der Waals surface area contributed by atoms with E-state index in [1.54, 1.807) is 11.8 Å². The van der Waals surface area contributed by atoms with Crippen LogP contribution in [-0.2, 0) is 4.79 Å². The summed E-state index contributed by atoms with van der Waals surface area (Å²) in [6.07, 6.45) is 1.80. The summed E-state index contributed by atoms with van der Waals surface area (Å²) in [4.78, 5) is 28.1. The summed E-state index contributed by atoms with van der Waals surface area (Å²) < 4.78 is 0. The molecule has 1 heterocycles. The number of benzene rings is 2. The van der Waals surface area contributed by atoms with Gasteiger partial charge >= 0.3 is 6.03 Å². The summed E-state index contributed by atoms with van der Waals surface area (Å²) in [6.45, 7) is 4.35. The van der Waals surface area contributed by atoms with Gasteiger partial charge in [0.1, 0.15) is 6.04 Å². The van der Waals surface area contributed by atoms with Crippen LogP contribution in [0.3, 0.4) is 0 Å². The van der Waals surface area contributed by atoms with Crippen LogP contribution in [0.25, 0.3) is 10.8 Å². The van der Waals surface area contributed by atoms with Crippen molar-refractivity contribution in [2.24, 2.45) is 0 Å². The number of hydrogen-bond donors (Lipinski definition) is 0. The Morgan fingerprint density at radius 2 is 1.77 bits per heavy atom. The van der Waals surface area contributed by atoms with Crippen LogP contribution < -0.4 is 4.90 Å². The highest BCUT2D eigenvalue weighted by Gasteiger charge is 2.43. The maximum Gasteiger partial charge on any atom is 0.331 e. The van der Waals surface area contributed by atoms with Gasteiger partial charge in [0.15, 0.2) is 0 Å². The highest BCUT2D eigenvalue weighted by Crippen LogP contribution is 2.32. The minimum atomic E-state index is -0.449. The highest BCUT2D eigenvalue weighted by atomic mass is 16.2. The Balaban J connectivity index is 2.03. The smallest absolute Gasteiger partial charge is 0.281 e. The van der Waals surface area contributed by atoms with E-state index in [-0.39, 0.29) is 11.9 Å². The van der Waals surface area contributed by atoms with E-state index in [0.29, 0.717) is 6.54 Å². The Morgan fingerprint density at radius 3 is 2.55 bits per heavy atom. The molecular formula is C18H20N2O2. The van der Waals surface area contributed by atoms with E-state index in [2.05, 4.69) is 6.92 Å². The number of unbranched alkanes of at least 4 members (excludes halogenated alkanes) is 1.